The summed E-state index contributed by atoms with van der Waals surface area (Å²) < 4.78 is 67.2. The SMILES string of the molecule is N#Cc1cc(F)cc([C@@H]2CC=NN2C(=O)N2CCN(c3ncc(F)c(-n4cnn(CC(F)(F)F)c4=O)n3)CC2)c1. The number of nitriles is 1. The number of nitrogens with zero attached hydrogens (tertiary/aromatic N) is 10. The average Bonchev–Trinajstić information content (AvgIpc) is 3.55. The zero-order valence-electron chi connectivity index (χ0n) is 20.5. The molecule has 0 N–H and O–H groups in total. The Balaban J connectivity index is 1.28. The lowest BCUT2D eigenvalue weighted by Crippen LogP contribution is -2.52. The van der Waals surface area contributed by atoms with Crippen LogP contribution in [-0.4, -0.2) is 78.8 Å². The number of carbonyl (C=O) groups is 1. The van der Waals surface area contributed by atoms with Crippen LogP contribution in [0, 0.1) is 23.0 Å². The van der Waals surface area contributed by atoms with Gasteiger partial charge in [0.1, 0.15) is 18.7 Å². The number of alkyl halides is 3. The highest BCUT2D eigenvalue weighted by molar-refractivity contribution is 5.78. The molecule has 1 saturated heterocycles. The normalized spacial score (nSPS) is 17.4. The summed E-state index contributed by atoms with van der Waals surface area (Å²) in [4.78, 5) is 36.7. The molecule has 0 radical (unpaired) electrons. The molecule has 0 spiro atoms. The quantitative estimate of drug-likeness (QED) is 0.446. The van der Waals surface area contributed by atoms with E-state index in [1.807, 2.05) is 6.07 Å². The van der Waals surface area contributed by atoms with E-state index in [2.05, 4.69) is 20.2 Å². The van der Waals surface area contributed by atoms with Crippen molar-refractivity contribution in [2.45, 2.75) is 25.2 Å². The highest BCUT2D eigenvalue weighted by Crippen LogP contribution is 2.31. The Hall–Kier alpha value is -4.88. The van der Waals surface area contributed by atoms with Crippen molar-refractivity contribution in [1.29, 1.82) is 5.26 Å². The second kappa shape index (κ2) is 10.4. The first kappa shape index (κ1) is 26.7. The first-order valence-electron chi connectivity index (χ1n) is 11.8. The Morgan fingerprint density at radius 2 is 1.88 bits per heavy atom. The molecule has 1 aromatic carbocycles. The van der Waals surface area contributed by atoms with Crippen LogP contribution in [0.5, 0.6) is 0 Å². The third-order valence-electron chi connectivity index (χ3n) is 6.30. The molecule has 1 fully saturated rings. The number of carbonyl (C=O) groups excluding carboxylic acids is 1. The molecule has 3 aromatic rings. The van der Waals surface area contributed by atoms with Crippen molar-refractivity contribution in [1.82, 2.24) is 34.2 Å². The second-order valence-electron chi connectivity index (χ2n) is 8.93. The molecule has 2 aliphatic heterocycles. The number of hydrogen-bond donors (Lipinski definition) is 0. The number of rotatable bonds is 4. The van der Waals surface area contributed by atoms with Crippen molar-refractivity contribution < 1.29 is 26.7 Å². The Kier molecular flexibility index (Phi) is 6.92. The van der Waals surface area contributed by atoms with Gasteiger partial charge in [0.15, 0.2) is 11.6 Å². The van der Waals surface area contributed by atoms with Gasteiger partial charge in [0.25, 0.3) is 0 Å². The zero-order chi connectivity index (χ0) is 28.6. The van der Waals surface area contributed by atoms with Crippen LogP contribution >= 0.6 is 0 Å². The number of anilines is 1. The van der Waals surface area contributed by atoms with Crippen LogP contribution < -0.4 is 10.6 Å². The molecule has 5 rings (SSSR count). The summed E-state index contributed by atoms with van der Waals surface area (Å²) in [7, 11) is 0. The number of piperazine rings is 1. The fraction of sp³-hybridized carbons (Fsp3) is 0.348. The number of halogens is 5. The maximum Gasteiger partial charge on any atom is 0.408 e. The number of aromatic nitrogens is 5. The summed E-state index contributed by atoms with van der Waals surface area (Å²) >= 11 is 0. The van der Waals surface area contributed by atoms with Crippen molar-refractivity contribution in [3.63, 3.8) is 0 Å². The molecule has 4 heterocycles. The zero-order valence-corrected chi connectivity index (χ0v) is 20.5. The van der Waals surface area contributed by atoms with Gasteiger partial charge in [-0.3, -0.25) is 0 Å². The van der Waals surface area contributed by atoms with Crippen LogP contribution in [0.4, 0.5) is 32.7 Å². The minimum atomic E-state index is -4.70. The van der Waals surface area contributed by atoms with Gasteiger partial charge >= 0.3 is 17.9 Å². The topological polar surface area (TPSA) is 129 Å². The molecular weight excluding hydrogens is 543 g/mol. The smallest absolute Gasteiger partial charge is 0.337 e. The monoisotopic (exact) mass is 562 g/mol. The second-order valence-corrected chi connectivity index (χ2v) is 8.93. The number of amides is 2. The standard InChI is InChI=1S/C23H19F5N10O2/c24-16-8-14(10-29)7-15(9-16)18-1-2-31-38(18)21(39)35-5-3-34(4-6-35)20-30-11-17(25)19(33-20)36-13-32-37(22(36)40)12-23(26,27)28/h2,7-9,11,13,18H,1,3-6,12H2/t18-/m0/s1. The summed E-state index contributed by atoms with van der Waals surface area (Å²) in [5, 5.41) is 17.9. The first-order chi connectivity index (χ1) is 19.0. The minimum absolute atomic E-state index is 0.000154. The molecule has 40 heavy (non-hydrogen) atoms. The molecule has 1 atom stereocenters. The van der Waals surface area contributed by atoms with Crippen LogP contribution in [0.1, 0.15) is 23.6 Å². The lowest BCUT2D eigenvalue weighted by molar-refractivity contribution is -0.143. The summed E-state index contributed by atoms with van der Waals surface area (Å²) in [6, 6.07) is 4.71. The number of hydrazone groups is 1. The summed E-state index contributed by atoms with van der Waals surface area (Å²) in [6.07, 6.45) is -1.30. The number of benzene rings is 1. The third-order valence-corrected chi connectivity index (χ3v) is 6.30. The van der Waals surface area contributed by atoms with E-state index in [-0.39, 0.29) is 42.4 Å². The van der Waals surface area contributed by atoms with Crippen LogP contribution in [0.15, 0.2) is 40.6 Å². The van der Waals surface area contributed by atoms with E-state index in [4.69, 9.17) is 5.26 Å². The fourth-order valence-electron chi connectivity index (χ4n) is 4.42. The van der Waals surface area contributed by atoms with Crippen LogP contribution in [-0.2, 0) is 6.54 Å². The lowest BCUT2D eigenvalue weighted by Gasteiger charge is -2.37. The molecule has 17 heteroatoms. The van der Waals surface area contributed by atoms with Crippen LogP contribution in [0.3, 0.4) is 0 Å². The van der Waals surface area contributed by atoms with E-state index in [1.165, 1.54) is 28.3 Å². The Labute approximate surface area is 222 Å². The molecular formula is C23H19F5N10O2. The molecule has 12 nitrogen and oxygen atoms in total. The van der Waals surface area contributed by atoms with Gasteiger partial charge in [0, 0.05) is 38.8 Å². The third kappa shape index (κ3) is 5.32. The van der Waals surface area contributed by atoms with E-state index in [1.54, 1.807) is 4.90 Å². The molecule has 0 bridgehead atoms. The van der Waals surface area contributed by atoms with E-state index in [9.17, 15) is 31.5 Å². The van der Waals surface area contributed by atoms with Crippen LogP contribution in [0.25, 0.3) is 5.82 Å². The average molecular weight is 562 g/mol. The van der Waals surface area contributed by atoms with Gasteiger partial charge in [-0.05, 0) is 23.8 Å². The van der Waals surface area contributed by atoms with E-state index >= 15 is 0 Å². The Morgan fingerprint density at radius 1 is 1.12 bits per heavy atom. The Bertz CT molecular complexity index is 1570. The van der Waals surface area contributed by atoms with Gasteiger partial charge in [0.05, 0.1) is 23.9 Å². The van der Waals surface area contributed by atoms with Crippen molar-refractivity contribution in [3.8, 4) is 11.9 Å². The van der Waals surface area contributed by atoms with Gasteiger partial charge in [-0.2, -0.15) is 33.6 Å². The first-order valence-corrected chi connectivity index (χ1v) is 11.8. The largest absolute Gasteiger partial charge is 0.408 e. The molecule has 2 aliphatic rings. The minimum Gasteiger partial charge on any atom is -0.337 e. The van der Waals surface area contributed by atoms with Crippen molar-refractivity contribution >= 4 is 18.2 Å². The Morgan fingerprint density at radius 3 is 2.58 bits per heavy atom. The van der Waals surface area contributed by atoms with Gasteiger partial charge in [-0.15, -0.1) is 0 Å². The summed E-state index contributed by atoms with van der Waals surface area (Å²) in [5.41, 5.74) is -0.671. The summed E-state index contributed by atoms with van der Waals surface area (Å²) in [5.74, 6) is -2.21. The van der Waals surface area contributed by atoms with Gasteiger partial charge in [-0.25, -0.2) is 37.6 Å². The molecule has 0 saturated carbocycles. The van der Waals surface area contributed by atoms with Crippen LogP contribution in [0.2, 0.25) is 0 Å². The van der Waals surface area contributed by atoms with E-state index in [0.717, 1.165) is 18.6 Å². The number of hydrogen-bond acceptors (Lipinski definition) is 8. The highest BCUT2D eigenvalue weighted by atomic mass is 19.4. The predicted octanol–water partition coefficient (Wildman–Crippen LogP) is 2.21. The van der Waals surface area contributed by atoms with Gasteiger partial charge in [-0.1, -0.05) is 0 Å². The van der Waals surface area contributed by atoms with E-state index < -0.39 is 47.9 Å². The molecule has 208 valence electrons. The maximum atomic E-state index is 14.5. The summed E-state index contributed by atoms with van der Waals surface area (Å²) in [6.45, 7) is -0.859. The predicted molar refractivity (Wildman–Crippen MR) is 127 cm³/mol. The van der Waals surface area contributed by atoms with Crippen molar-refractivity contribution in [2.24, 2.45) is 5.10 Å². The molecule has 2 aromatic heterocycles. The highest BCUT2D eigenvalue weighted by Gasteiger charge is 2.34. The maximum absolute atomic E-state index is 14.5. The molecule has 0 aliphatic carbocycles. The molecule has 2 amide bonds. The van der Waals surface area contributed by atoms with Gasteiger partial charge in [0.2, 0.25) is 5.95 Å². The van der Waals surface area contributed by atoms with E-state index in [0.29, 0.717) is 16.6 Å². The van der Waals surface area contributed by atoms with Crippen molar-refractivity contribution in [3.05, 3.63) is 64.0 Å². The fourth-order valence-corrected chi connectivity index (χ4v) is 4.42. The lowest BCUT2D eigenvalue weighted by atomic mass is 10.0. The number of urea groups is 1. The van der Waals surface area contributed by atoms with Gasteiger partial charge < -0.3 is 9.80 Å². The van der Waals surface area contributed by atoms with Crippen molar-refractivity contribution in [2.75, 3.05) is 31.1 Å². The molecule has 0 unspecified atom stereocenters.